The van der Waals surface area contributed by atoms with Crippen LogP contribution in [0.4, 0.5) is 0 Å². The predicted molar refractivity (Wildman–Crippen MR) is 80.1 cm³/mol. The molecule has 0 unspecified atom stereocenters. The fourth-order valence-corrected chi connectivity index (χ4v) is 0.204. The largest absolute Gasteiger partial charge is 0.481 e. The van der Waals surface area contributed by atoms with Gasteiger partial charge in [0.05, 0.1) is 7.11 Å². The molecule has 5 nitrogen and oxygen atoms in total. The summed E-state index contributed by atoms with van der Waals surface area (Å²) >= 11 is 0. The normalized spacial score (nSPS) is 8.15. The van der Waals surface area contributed by atoms with Gasteiger partial charge in [-0.3, -0.25) is 0 Å². The Kier molecular flexibility index (Phi) is 38.4. The van der Waals surface area contributed by atoms with E-state index in [9.17, 15) is 0 Å². The van der Waals surface area contributed by atoms with Gasteiger partial charge in [-0.15, -0.1) is 0 Å². The average Bonchev–Trinajstić information content (AvgIpc) is 2.13. The van der Waals surface area contributed by atoms with Crippen molar-refractivity contribution in [3.63, 3.8) is 0 Å². The summed E-state index contributed by atoms with van der Waals surface area (Å²) in [6.45, 7) is 13.9. The molecule has 0 rings (SSSR count). The Morgan fingerprint density at radius 3 is 0.900 bits per heavy atom. The Morgan fingerprint density at radius 2 is 0.900 bits per heavy atom. The van der Waals surface area contributed by atoms with Crippen LogP contribution in [-0.2, 0) is 26.5 Å². The molecule has 6 heteroatoms. The van der Waals surface area contributed by atoms with E-state index in [0.717, 1.165) is 5.57 Å². The van der Waals surface area contributed by atoms with Gasteiger partial charge in [-0.05, 0) is 55.4 Å². The molecule has 4 N–H and O–H groups in total. The first-order chi connectivity index (χ1) is 8.38. The van der Waals surface area contributed by atoms with Gasteiger partial charge in [-0.1, -0.05) is 0 Å². The van der Waals surface area contributed by atoms with Crippen molar-refractivity contribution in [2.75, 3.05) is 7.11 Å². The standard InChI is InChI=1S/C5H10O2.3C3H8O.Ti/c1-4(2)5(6)7-3;3*1-3(2)4;/h6H,1-3H3;3*3-4H,1-2H3;. The Labute approximate surface area is 139 Å². The fourth-order valence-electron chi connectivity index (χ4n) is 0.204. The maximum atomic E-state index is 8.59. The minimum Gasteiger partial charge on any atom is -0.481 e. The molecule has 0 aliphatic rings. The van der Waals surface area contributed by atoms with E-state index in [-0.39, 0.29) is 46.0 Å². The van der Waals surface area contributed by atoms with Crippen LogP contribution in [0.1, 0.15) is 55.4 Å². The van der Waals surface area contributed by atoms with Crippen LogP contribution in [0.15, 0.2) is 11.5 Å². The van der Waals surface area contributed by atoms with Gasteiger partial charge in [0.2, 0.25) is 0 Å². The van der Waals surface area contributed by atoms with Crippen LogP contribution < -0.4 is 0 Å². The number of aliphatic hydroxyl groups is 4. The van der Waals surface area contributed by atoms with E-state index < -0.39 is 0 Å². The van der Waals surface area contributed by atoms with Crippen molar-refractivity contribution in [3.05, 3.63) is 11.5 Å². The molecule has 0 aromatic carbocycles. The molecule has 0 amide bonds. The number of ether oxygens (including phenoxy) is 1. The zero-order valence-corrected chi connectivity index (χ0v) is 16.0. The van der Waals surface area contributed by atoms with Gasteiger partial charge in [-0.25, -0.2) is 0 Å². The summed E-state index contributed by atoms with van der Waals surface area (Å²) < 4.78 is 4.45. The smallest absolute Gasteiger partial charge is 0.274 e. The first-order valence-electron chi connectivity index (χ1n) is 6.32. The van der Waals surface area contributed by atoms with Crippen molar-refractivity contribution < 1.29 is 46.9 Å². The van der Waals surface area contributed by atoms with E-state index in [1.54, 1.807) is 55.4 Å². The van der Waals surface area contributed by atoms with Crippen LogP contribution in [0.5, 0.6) is 0 Å². The van der Waals surface area contributed by atoms with Crippen molar-refractivity contribution in [1.82, 2.24) is 0 Å². The summed E-state index contributed by atoms with van der Waals surface area (Å²) in [5, 5.41) is 32.8. The SMILES string of the molecule is CC(C)O.CC(C)O.CC(C)O.COC(O)=C(C)C.[Ti]. The van der Waals surface area contributed by atoms with Crippen molar-refractivity contribution in [2.24, 2.45) is 0 Å². The van der Waals surface area contributed by atoms with Crippen LogP contribution in [-0.4, -0.2) is 45.8 Å². The van der Waals surface area contributed by atoms with Gasteiger partial charge < -0.3 is 25.2 Å². The van der Waals surface area contributed by atoms with Gasteiger partial charge >= 0.3 is 0 Å². The first kappa shape index (κ1) is 32.0. The number of aliphatic hydroxyl groups excluding tert-OH is 4. The van der Waals surface area contributed by atoms with Crippen LogP contribution in [0.25, 0.3) is 0 Å². The summed E-state index contributed by atoms with van der Waals surface area (Å²) in [5.74, 6) is 0.0139. The second kappa shape index (κ2) is 24.0. The number of hydrogen-bond donors (Lipinski definition) is 4. The van der Waals surface area contributed by atoms with Gasteiger partial charge in [0.1, 0.15) is 0 Å². The van der Waals surface area contributed by atoms with E-state index in [2.05, 4.69) is 4.74 Å². The Hall–Kier alpha value is -0.0657. The summed E-state index contributed by atoms with van der Waals surface area (Å²) in [4.78, 5) is 0. The Bertz CT molecular complexity index is 165. The molecule has 0 aliphatic carbocycles. The molecule has 0 atom stereocenters. The van der Waals surface area contributed by atoms with E-state index in [4.69, 9.17) is 20.4 Å². The van der Waals surface area contributed by atoms with Gasteiger partial charge in [0, 0.05) is 45.6 Å². The zero-order chi connectivity index (χ0) is 16.6. The van der Waals surface area contributed by atoms with E-state index >= 15 is 0 Å². The molecule has 0 aliphatic heterocycles. The molecule has 0 aromatic rings. The molecule has 0 saturated carbocycles. The van der Waals surface area contributed by atoms with E-state index in [1.165, 1.54) is 7.11 Å². The second-order valence-corrected chi connectivity index (χ2v) is 4.79. The molecule has 0 saturated heterocycles. The summed E-state index contributed by atoms with van der Waals surface area (Å²) in [7, 11) is 1.43. The summed E-state index contributed by atoms with van der Waals surface area (Å²) in [5.41, 5.74) is 0.794. The molecule has 0 bridgehead atoms. The van der Waals surface area contributed by atoms with Crippen molar-refractivity contribution in [1.29, 1.82) is 0 Å². The summed E-state index contributed by atoms with van der Waals surface area (Å²) in [6, 6.07) is 0. The average molecular weight is 330 g/mol. The second-order valence-electron chi connectivity index (χ2n) is 4.79. The fraction of sp³-hybridized carbons (Fsp3) is 0.857. The molecular weight excluding hydrogens is 296 g/mol. The van der Waals surface area contributed by atoms with Crippen molar-refractivity contribution in [2.45, 2.75) is 73.7 Å². The zero-order valence-electron chi connectivity index (χ0n) is 14.4. The van der Waals surface area contributed by atoms with Gasteiger partial charge in [-0.2, -0.15) is 0 Å². The Balaban J connectivity index is -0.0000000512. The summed E-state index contributed by atoms with van der Waals surface area (Å²) in [6.07, 6.45) is -0.500. The van der Waals surface area contributed by atoms with Crippen LogP contribution in [0.2, 0.25) is 0 Å². The quantitative estimate of drug-likeness (QED) is 0.438. The number of rotatable bonds is 1. The van der Waals surface area contributed by atoms with Crippen LogP contribution in [0.3, 0.4) is 0 Å². The number of hydrogen-bond acceptors (Lipinski definition) is 5. The number of methoxy groups -OCH3 is 1. The van der Waals surface area contributed by atoms with Gasteiger partial charge in [0.15, 0.2) is 0 Å². The third-order valence-corrected chi connectivity index (χ3v) is 0.621. The van der Waals surface area contributed by atoms with E-state index in [1.807, 2.05) is 0 Å². The topological polar surface area (TPSA) is 90.2 Å². The third kappa shape index (κ3) is 146. The predicted octanol–water partition coefficient (Wildman–Crippen LogP) is 2.60. The molecule has 0 spiro atoms. The minimum absolute atomic E-state index is 0. The third-order valence-electron chi connectivity index (χ3n) is 0.621. The van der Waals surface area contributed by atoms with Crippen molar-refractivity contribution >= 4 is 0 Å². The molecule has 124 valence electrons. The maximum Gasteiger partial charge on any atom is 0.274 e. The maximum absolute atomic E-state index is 8.59. The molecule has 0 heterocycles. The molecule has 0 aromatic heterocycles. The van der Waals surface area contributed by atoms with Crippen LogP contribution in [0, 0.1) is 0 Å². The number of allylic oxidation sites excluding steroid dienone is 1. The Morgan fingerprint density at radius 1 is 0.750 bits per heavy atom. The minimum atomic E-state index is -0.167. The first-order valence-corrected chi connectivity index (χ1v) is 6.32. The molecule has 0 radical (unpaired) electrons. The van der Waals surface area contributed by atoms with Crippen molar-refractivity contribution in [3.8, 4) is 0 Å². The van der Waals surface area contributed by atoms with E-state index in [0.29, 0.717) is 0 Å². The van der Waals surface area contributed by atoms with Gasteiger partial charge in [0.25, 0.3) is 5.95 Å². The molecule has 0 fully saturated rings. The van der Waals surface area contributed by atoms with Crippen LogP contribution >= 0.6 is 0 Å². The monoisotopic (exact) mass is 330 g/mol. The molecule has 20 heavy (non-hydrogen) atoms. The molecular formula is C14H34O5Ti.